The van der Waals surface area contributed by atoms with Crippen LogP contribution in [0.15, 0.2) is 24.4 Å². The van der Waals surface area contributed by atoms with E-state index in [0.717, 1.165) is 17.2 Å². The Bertz CT molecular complexity index is 676. The molecule has 0 unspecified atom stereocenters. The lowest BCUT2D eigenvalue weighted by Crippen LogP contribution is -2.28. The molecule has 2 N–H and O–H groups in total. The summed E-state index contributed by atoms with van der Waals surface area (Å²) in [7, 11) is -3.06. The first-order valence-electron chi connectivity index (χ1n) is 5.35. The van der Waals surface area contributed by atoms with Crippen molar-refractivity contribution in [3.05, 3.63) is 30.0 Å². The highest BCUT2D eigenvalue weighted by atomic mass is 32.2. The van der Waals surface area contributed by atoms with Crippen molar-refractivity contribution in [3.63, 3.8) is 0 Å². The molecule has 1 heterocycles. The number of rotatable bonds is 4. The number of nitrogens with one attached hydrogen (secondary N) is 2. The van der Waals surface area contributed by atoms with Gasteiger partial charge in [-0.3, -0.25) is 9.89 Å². The Labute approximate surface area is 104 Å². The first-order chi connectivity index (χ1) is 8.46. The van der Waals surface area contributed by atoms with E-state index in [4.69, 9.17) is 0 Å². The van der Waals surface area contributed by atoms with Gasteiger partial charge in [0.1, 0.15) is 9.84 Å². The molecule has 0 saturated heterocycles. The fourth-order valence-corrected chi connectivity index (χ4v) is 2.00. The summed E-state index contributed by atoms with van der Waals surface area (Å²) >= 11 is 0. The predicted octanol–water partition coefficient (Wildman–Crippen LogP) is 0.337. The summed E-state index contributed by atoms with van der Waals surface area (Å²) in [4.78, 5) is 11.8. The first-order valence-corrected chi connectivity index (χ1v) is 7.41. The van der Waals surface area contributed by atoms with Crippen LogP contribution >= 0.6 is 0 Å². The van der Waals surface area contributed by atoms with E-state index in [0.29, 0.717) is 5.56 Å². The van der Waals surface area contributed by atoms with E-state index >= 15 is 0 Å². The van der Waals surface area contributed by atoms with Crippen LogP contribution in [0.2, 0.25) is 0 Å². The van der Waals surface area contributed by atoms with Crippen molar-refractivity contribution in [1.82, 2.24) is 15.5 Å². The summed E-state index contributed by atoms with van der Waals surface area (Å²) < 4.78 is 21.8. The lowest BCUT2D eigenvalue weighted by Gasteiger charge is -2.04. The van der Waals surface area contributed by atoms with Crippen molar-refractivity contribution in [2.45, 2.75) is 0 Å². The van der Waals surface area contributed by atoms with E-state index in [1.807, 2.05) is 0 Å². The molecular formula is C11H13N3O3S. The van der Waals surface area contributed by atoms with Crippen molar-refractivity contribution in [1.29, 1.82) is 0 Å². The average Bonchev–Trinajstić information content (AvgIpc) is 2.73. The molecule has 6 nitrogen and oxygen atoms in total. The molecule has 1 aromatic carbocycles. The van der Waals surface area contributed by atoms with Gasteiger partial charge in [0.25, 0.3) is 5.91 Å². The molecule has 0 atom stereocenters. The summed E-state index contributed by atoms with van der Waals surface area (Å²) in [6, 6.07) is 5.13. The van der Waals surface area contributed by atoms with Crippen molar-refractivity contribution < 1.29 is 13.2 Å². The number of carbonyl (C=O) groups excluding carboxylic acids is 1. The van der Waals surface area contributed by atoms with Gasteiger partial charge in [0.15, 0.2) is 0 Å². The molecular weight excluding hydrogens is 254 g/mol. The van der Waals surface area contributed by atoms with Crippen molar-refractivity contribution in [2.24, 2.45) is 0 Å². The van der Waals surface area contributed by atoms with Gasteiger partial charge in [0.05, 0.1) is 17.5 Å². The number of aromatic nitrogens is 2. The average molecular weight is 267 g/mol. The Hall–Kier alpha value is -1.89. The second kappa shape index (κ2) is 4.77. The van der Waals surface area contributed by atoms with Crippen molar-refractivity contribution in [3.8, 4) is 0 Å². The molecule has 0 radical (unpaired) electrons. The summed E-state index contributed by atoms with van der Waals surface area (Å²) in [5, 5.41) is 10.1. The quantitative estimate of drug-likeness (QED) is 0.835. The molecule has 1 amide bonds. The van der Waals surface area contributed by atoms with Crippen LogP contribution in [0.1, 0.15) is 10.4 Å². The number of benzene rings is 1. The minimum Gasteiger partial charge on any atom is -0.351 e. The maximum absolute atomic E-state index is 11.8. The monoisotopic (exact) mass is 267 g/mol. The lowest BCUT2D eigenvalue weighted by atomic mass is 10.1. The molecule has 0 saturated carbocycles. The Balaban J connectivity index is 2.04. The van der Waals surface area contributed by atoms with Gasteiger partial charge in [0, 0.05) is 23.8 Å². The van der Waals surface area contributed by atoms with Gasteiger partial charge < -0.3 is 5.32 Å². The highest BCUT2D eigenvalue weighted by Gasteiger charge is 2.08. The Morgan fingerprint density at radius 1 is 1.44 bits per heavy atom. The SMILES string of the molecule is CS(=O)(=O)CCNC(=O)c1ccc2cn[nH]c2c1. The van der Waals surface area contributed by atoms with Crippen LogP contribution in [0, 0.1) is 0 Å². The molecule has 0 aliphatic rings. The molecule has 18 heavy (non-hydrogen) atoms. The third-order valence-corrected chi connectivity index (χ3v) is 3.41. The highest BCUT2D eigenvalue weighted by molar-refractivity contribution is 7.90. The molecule has 1 aromatic heterocycles. The molecule has 96 valence electrons. The number of H-pyrrole nitrogens is 1. The smallest absolute Gasteiger partial charge is 0.251 e. The van der Waals surface area contributed by atoms with E-state index in [1.54, 1.807) is 24.4 Å². The minimum absolute atomic E-state index is 0.0644. The zero-order valence-electron chi connectivity index (χ0n) is 9.80. The molecule has 0 aliphatic heterocycles. The Morgan fingerprint density at radius 2 is 2.22 bits per heavy atom. The van der Waals surface area contributed by atoms with Crippen LogP contribution < -0.4 is 5.32 Å². The van der Waals surface area contributed by atoms with Crippen LogP contribution in [0.25, 0.3) is 10.9 Å². The fraction of sp³-hybridized carbons (Fsp3) is 0.273. The van der Waals surface area contributed by atoms with Gasteiger partial charge >= 0.3 is 0 Å². The summed E-state index contributed by atoms with van der Waals surface area (Å²) in [6.45, 7) is 0.110. The van der Waals surface area contributed by atoms with Gasteiger partial charge in [0.2, 0.25) is 0 Å². The van der Waals surface area contributed by atoms with Crippen LogP contribution in [-0.4, -0.2) is 43.1 Å². The van der Waals surface area contributed by atoms with Crippen molar-refractivity contribution >= 4 is 26.6 Å². The van der Waals surface area contributed by atoms with E-state index in [9.17, 15) is 13.2 Å². The standard InChI is InChI=1S/C11H13N3O3S/c1-18(16,17)5-4-12-11(15)8-2-3-9-7-13-14-10(9)6-8/h2-3,6-7H,4-5H2,1H3,(H,12,15)(H,13,14). The minimum atomic E-state index is -3.06. The fourth-order valence-electron chi connectivity index (χ4n) is 1.53. The molecule has 0 aliphatic carbocycles. The number of carbonyl (C=O) groups is 1. The normalized spacial score (nSPS) is 11.6. The second-order valence-electron chi connectivity index (χ2n) is 4.06. The van der Waals surface area contributed by atoms with Crippen LogP contribution in [0.4, 0.5) is 0 Å². The van der Waals surface area contributed by atoms with Crippen LogP contribution in [0.3, 0.4) is 0 Å². The predicted molar refractivity (Wildman–Crippen MR) is 68.1 cm³/mol. The number of nitrogens with zero attached hydrogens (tertiary/aromatic N) is 1. The van der Waals surface area contributed by atoms with Gasteiger partial charge in [-0.2, -0.15) is 5.10 Å². The topological polar surface area (TPSA) is 91.9 Å². The lowest BCUT2D eigenvalue weighted by molar-refractivity contribution is 0.0956. The molecule has 0 spiro atoms. The number of hydrogen-bond donors (Lipinski definition) is 2. The molecule has 2 aromatic rings. The van der Waals surface area contributed by atoms with E-state index in [1.165, 1.54) is 0 Å². The summed E-state index contributed by atoms with van der Waals surface area (Å²) in [6.07, 6.45) is 2.80. The number of aromatic amines is 1. The van der Waals surface area contributed by atoms with E-state index in [-0.39, 0.29) is 18.2 Å². The Kier molecular flexibility index (Phi) is 3.33. The Morgan fingerprint density at radius 3 is 2.94 bits per heavy atom. The van der Waals surface area contributed by atoms with Crippen molar-refractivity contribution in [2.75, 3.05) is 18.6 Å². The van der Waals surface area contributed by atoms with E-state index in [2.05, 4.69) is 15.5 Å². The van der Waals surface area contributed by atoms with Gasteiger partial charge in [-0.1, -0.05) is 6.07 Å². The third-order valence-electron chi connectivity index (χ3n) is 2.46. The van der Waals surface area contributed by atoms with Gasteiger partial charge in [-0.25, -0.2) is 8.42 Å². The number of amides is 1. The molecule has 0 bridgehead atoms. The summed E-state index contributed by atoms with van der Waals surface area (Å²) in [5.41, 5.74) is 1.24. The molecule has 2 rings (SSSR count). The largest absolute Gasteiger partial charge is 0.351 e. The highest BCUT2D eigenvalue weighted by Crippen LogP contribution is 2.12. The first kappa shape index (κ1) is 12.6. The van der Waals surface area contributed by atoms with Crippen LogP contribution in [-0.2, 0) is 9.84 Å². The number of hydrogen-bond acceptors (Lipinski definition) is 4. The van der Waals surface area contributed by atoms with Gasteiger partial charge in [-0.15, -0.1) is 0 Å². The summed E-state index contributed by atoms with van der Waals surface area (Å²) in [5.74, 6) is -0.361. The zero-order valence-corrected chi connectivity index (χ0v) is 10.6. The second-order valence-corrected chi connectivity index (χ2v) is 6.32. The number of fused-ring (bicyclic) bond motifs is 1. The molecule has 7 heteroatoms. The number of sulfone groups is 1. The van der Waals surface area contributed by atoms with E-state index < -0.39 is 9.84 Å². The third kappa shape index (κ3) is 3.07. The maximum atomic E-state index is 11.8. The van der Waals surface area contributed by atoms with Crippen LogP contribution in [0.5, 0.6) is 0 Å². The maximum Gasteiger partial charge on any atom is 0.251 e. The van der Waals surface area contributed by atoms with Gasteiger partial charge in [-0.05, 0) is 12.1 Å². The molecule has 0 fully saturated rings. The zero-order chi connectivity index (χ0) is 13.2.